The van der Waals surface area contributed by atoms with Crippen LogP contribution in [0.2, 0.25) is 0 Å². The Morgan fingerprint density at radius 3 is 2.40 bits per heavy atom. The minimum Gasteiger partial charge on any atom is -0.308 e. The molecular weight excluding hydrogens is 248 g/mol. The van der Waals surface area contributed by atoms with Crippen LogP contribution in [0.3, 0.4) is 0 Å². The molecule has 0 atom stereocenters. The average molecular weight is 276 g/mol. The molecule has 20 heavy (non-hydrogen) atoms. The van der Waals surface area contributed by atoms with Crippen molar-refractivity contribution in [1.82, 2.24) is 9.97 Å². The monoisotopic (exact) mass is 276 g/mol. The number of nitrogens with zero attached hydrogens (tertiary/aromatic N) is 2. The van der Waals surface area contributed by atoms with E-state index in [-0.39, 0.29) is 0 Å². The maximum Gasteiger partial charge on any atom is 0.143 e. The topological polar surface area (TPSA) is 63.8 Å². The van der Waals surface area contributed by atoms with E-state index >= 15 is 0 Å². The van der Waals surface area contributed by atoms with Crippen molar-refractivity contribution < 1.29 is 0 Å². The van der Waals surface area contributed by atoms with E-state index in [1.54, 1.807) is 0 Å². The van der Waals surface area contributed by atoms with E-state index in [2.05, 4.69) is 24.3 Å². The first kappa shape index (κ1) is 15.2. The second-order valence-corrected chi connectivity index (χ2v) is 6.39. The lowest BCUT2D eigenvalue weighted by atomic mass is 9.90. The lowest BCUT2D eigenvalue weighted by Gasteiger charge is -2.20. The Morgan fingerprint density at radius 2 is 1.80 bits per heavy atom. The van der Waals surface area contributed by atoms with E-state index in [9.17, 15) is 0 Å². The molecule has 1 saturated carbocycles. The van der Waals surface area contributed by atoms with Gasteiger partial charge < -0.3 is 5.43 Å². The lowest BCUT2D eigenvalue weighted by Crippen LogP contribution is -2.15. The van der Waals surface area contributed by atoms with Crippen molar-refractivity contribution in [1.29, 1.82) is 0 Å². The Morgan fingerprint density at radius 1 is 1.15 bits per heavy atom. The second-order valence-electron chi connectivity index (χ2n) is 6.39. The Bertz CT molecular complexity index is 409. The molecule has 0 spiro atoms. The van der Waals surface area contributed by atoms with Gasteiger partial charge in [-0.2, -0.15) is 0 Å². The number of hydrazine groups is 1. The number of nitrogen functional groups attached to an aromatic ring is 1. The molecule has 4 heteroatoms. The Hall–Kier alpha value is -1.16. The average Bonchev–Trinajstić information content (AvgIpc) is 2.37. The number of nitrogens with one attached hydrogen (secondary N) is 1. The van der Waals surface area contributed by atoms with Crippen LogP contribution in [0.15, 0.2) is 6.07 Å². The summed E-state index contributed by atoms with van der Waals surface area (Å²) in [5.41, 5.74) is 3.81. The molecule has 1 aliphatic rings. The summed E-state index contributed by atoms with van der Waals surface area (Å²) < 4.78 is 0. The summed E-state index contributed by atoms with van der Waals surface area (Å²) in [5, 5.41) is 0. The van der Waals surface area contributed by atoms with Crippen LogP contribution < -0.4 is 11.3 Å². The van der Waals surface area contributed by atoms with E-state index in [0.717, 1.165) is 23.8 Å². The van der Waals surface area contributed by atoms with Crippen molar-refractivity contribution in [2.75, 3.05) is 5.43 Å². The minimum absolute atomic E-state index is 0.509. The molecule has 1 fully saturated rings. The Balaban J connectivity index is 2.19. The molecule has 1 heterocycles. The van der Waals surface area contributed by atoms with E-state index < -0.39 is 0 Å². The van der Waals surface area contributed by atoms with E-state index in [1.165, 1.54) is 44.9 Å². The van der Waals surface area contributed by atoms with Crippen LogP contribution in [0.25, 0.3) is 0 Å². The van der Waals surface area contributed by atoms with Gasteiger partial charge in [0.25, 0.3) is 0 Å². The van der Waals surface area contributed by atoms with Crippen molar-refractivity contribution in [3.8, 4) is 0 Å². The molecule has 2 rings (SSSR count). The fourth-order valence-corrected chi connectivity index (χ4v) is 3.01. The third-order valence-corrected chi connectivity index (χ3v) is 4.03. The molecule has 3 N–H and O–H groups in total. The maximum atomic E-state index is 5.56. The van der Waals surface area contributed by atoms with Crippen LogP contribution in [-0.2, 0) is 6.42 Å². The first-order valence-corrected chi connectivity index (χ1v) is 8.03. The zero-order valence-corrected chi connectivity index (χ0v) is 12.9. The molecule has 112 valence electrons. The maximum absolute atomic E-state index is 5.56. The van der Waals surface area contributed by atoms with Gasteiger partial charge in [0.15, 0.2) is 0 Å². The number of rotatable bonds is 4. The quantitative estimate of drug-likeness (QED) is 0.648. The highest BCUT2D eigenvalue weighted by Gasteiger charge is 2.18. The Kier molecular flexibility index (Phi) is 5.77. The molecule has 0 aliphatic heterocycles. The number of hydrogen-bond acceptors (Lipinski definition) is 4. The number of anilines is 1. The molecule has 1 aliphatic carbocycles. The van der Waals surface area contributed by atoms with Gasteiger partial charge in [-0.15, -0.1) is 0 Å². The lowest BCUT2D eigenvalue weighted by molar-refractivity contribution is 0.441. The molecule has 0 unspecified atom stereocenters. The van der Waals surface area contributed by atoms with E-state index in [0.29, 0.717) is 11.8 Å². The normalized spacial score (nSPS) is 17.8. The first-order valence-electron chi connectivity index (χ1n) is 8.03. The van der Waals surface area contributed by atoms with Crippen molar-refractivity contribution in [2.24, 2.45) is 11.8 Å². The first-order chi connectivity index (χ1) is 9.69. The molecule has 4 nitrogen and oxygen atoms in total. The van der Waals surface area contributed by atoms with Crippen molar-refractivity contribution in [3.05, 3.63) is 17.6 Å². The summed E-state index contributed by atoms with van der Waals surface area (Å²) >= 11 is 0. The summed E-state index contributed by atoms with van der Waals surface area (Å²) in [4.78, 5) is 9.42. The van der Waals surface area contributed by atoms with Gasteiger partial charge in [-0.25, -0.2) is 15.8 Å². The van der Waals surface area contributed by atoms with Gasteiger partial charge in [0.2, 0.25) is 0 Å². The number of nitrogens with two attached hydrogens (primary N) is 1. The third kappa shape index (κ3) is 4.44. The van der Waals surface area contributed by atoms with Crippen molar-refractivity contribution >= 4 is 5.82 Å². The fourth-order valence-electron chi connectivity index (χ4n) is 3.01. The standard InChI is InChI=1S/C16H28N4/c1-12(2)10-14-11-15(20-17)19-16(18-14)13-8-6-4-3-5-7-9-13/h11-13H,3-10,17H2,1-2H3,(H,18,19,20). The van der Waals surface area contributed by atoms with Crippen LogP contribution >= 0.6 is 0 Å². The number of aromatic nitrogens is 2. The SMILES string of the molecule is CC(C)Cc1cc(NN)nc(C2CCCCCCC2)n1. The highest BCUT2D eigenvalue weighted by molar-refractivity contribution is 5.35. The predicted molar refractivity (Wildman–Crippen MR) is 83.4 cm³/mol. The zero-order valence-electron chi connectivity index (χ0n) is 12.9. The highest BCUT2D eigenvalue weighted by atomic mass is 15.3. The smallest absolute Gasteiger partial charge is 0.143 e. The summed E-state index contributed by atoms with van der Waals surface area (Å²) in [7, 11) is 0. The fraction of sp³-hybridized carbons (Fsp3) is 0.750. The van der Waals surface area contributed by atoms with Gasteiger partial charge in [0, 0.05) is 17.7 Å². The molecule has 0 bridgehead atoms. The second kappa shape index (κ2) is 7.58. The molecule has 0 radical (unpaired) electrons. The molecule has 1 aromatic heterocycles. The van der Waals surface area contributed by atoms with E-state index in [4.69, 9.17) is 10.8 Å². The zero-order chi connectivity index (χ0) is 14.4. The summed E-state index contributed by atoms with van der Waals surface area (Å²) in [6, 6.07) is 1.98. The largest absolute Gasteiger partial charge is 0.308 e. The summed E-state index contributed by atoms with van der Waals surface area (Å²) in [6.07, 6.45) is 10.1. The molecule has 0 amide bonds. The van der Waals surface area contributed by atoms with E-state index in [1.807, 2.05) is 6.07 Å². The van der Waals surface area contributed by atoms with Crippen molar-refractivity contribution in [2.45, 2.75) is 71.1 Å². The highest BCUT2D eigenvalue weighted by Crippen LogP contribution is 2.29. The molecular formula is C16H28N4. The van der Waals surface area contributed by atoms with Crippen LogP contribution in [0.5, 0.6) is 0 Å². The van der Waals surface area contributed by atoms with Crippen LogP contribution in [-0.4, -0.2) is 9.97 Å². The molecule has 0 saturated heterocycles. The molecule has 1 aromatic rings. The van der Waals surface area contributed by atoms with Gasteiger partial charge in [-0.1, -0.05) is 46.0 Å². The van der Waals surface area contributed by atoms with Crippen LogP contribution in [0, 0.1) is 5.92 Å². The van der Waals surface area contributed by atoms with Gasteiger partial charge >= 0.3 is 0 Å². The van der Waals surface area contributed by atoms with Crippen LogP contribution in [0.1, 0.15) is 76.2 Å². The molecule has 0 aromatic carbocycles. The summed E-state index contributed by atoms with van der Waals surface area (Å²) in [6.45, 7) is 4.43. The van der Waals surface area contributed by atoms with Gasteiger partial charge in [-0.05, 0) is 25.2 Å². The van der Waals surface area contributed by atoms with Gasteiger partial charge in [0.1, 0.15) is 11.6 Å². The predicted octanol–water partition coefficient (Wildman–Crippen LogP) is 3.79. The van der Waals surface area contributed by atoms with Gasteiger partial charge in [0.05, 0.1) is 0 Å². The minimum atomic E-state index is 0.509. The van der Waals surface area contributed by atoms with Gasteiger partial charge in [-0.3, -0.25) is 0 Å². The van der Waals surface area contributed by atoms with Crippen molar-refractivity contribution in [3.63, 3.8) is 0 Å². The third-order valence-electron chi connectivity index (χ3n) is 4.03. The Labute approximate surface area is 122 Å². The number of hydrogen-bond donors (Lipinski definition) is 2. The summed E-state index contributed by atoms with van der Waals surface area (Å²) in [5.74, 6) is 8.43. The van der Waals surface area contributed by atoms with Crippen LogP contribution in [0.4, 0.5) is 5.82 Å².